The molecule has 6 heteroatoms. The van der Waals surface area contributed by atoms with E-state index in [1.165, 1.54) is 6.07 Å². The first-order valence-electron chi connectivity index (χ1n) is 5.53. The SMILES string of the molecule is CCOC(=O)c1nnc(OCC)cc1OCC. The lowest BCUT2D eigenvalue weighted by molar-refractivity contribution is 0.0512. The van der Waals surface area contributed by atoms with Gasteiger partial charge in [-0.15, -0.1) is 10.2 Å². The van der Waals surface area contributed by atoms with Gasteiger partial charge in [0.25, 0.3) is 0 Å². The second kappa shape index (κ2) is 6.67. The molecule has 0 atom stereocenters. The molecule has 0 radical (unpaired) electrons. The van der Waals surface area contributed by atoms with Crippen molar-refractivity contribution in [1.82, 2.24) is 10.2 Å². The number of hydrogen-bond donors (Lipinski definition) is 0. The fourth-order valence-electron chi connectivity index (χ4n) is 1.18. The molecule has 0 aliphatic rings. The molecule has 1 aromatic heterocycles. The van der Waals surface area contributed by atoms with Crippen molar-refractivity contribution < 1.29 is 19.0 Å². The molecule has 0 bridgehead atoms. The minimum atomic E-state index is -0.550. The van der Waals surface area contributed by atoms with E-state index in [9.17, 15) is 4.79 Å². The average Bonchev–Trinajstić information content (AvgIpc) is 2.30. The minimum absolute atomic E-state index is 0.0668. The van der Waals surface area contributed by atoms with Gasteiger partial charge in [0.2, 0.25) is 11.6 Å². The lowest BCUT2D eigenvalue weighted by atomic mass is 10.3. The molecule has 0 aliphatic heterocycles. The molecule has 0 aliphatic carbocycles. The molecule has 0 N–H and O–H groups in total. The van der Waals surface area contributed by atoms with Crippen molar-refractivity contribution in [3.63, 3.8) is 0 Å². The monoisotopic (exact) mass is 240 g/mol. The summed E-state index contributed by atoms with van der Waals surface area (Å²) >= 11 is 0. The van der Waals surface area contributed by atoms with Gasteiger partial charge >= 0.3 is 5.97 Å². The van der Waals surface area contributed by atoms with Gasteiger partial charge in [-0.25, -0.2) is 4.79 Å². The Morgan fingerprint density at radius 2 is 1.82 bits per heavy atom. The smallest absolute Gasteiger partial charge is 0.362 e. The molecule has 17 heavy (non-hydrogen) atoms. The van der Waals surface area contributed by atoms with Gasteiger partial charge in [0.15, 0.2) is 5.75 Å². The molecule has 0 spiro atoms. The highest BCUT2D eigenvalue weighted by molar-refractivity contribution is 5.90. The molecular formula is C11H16N2O4. The number of aromatic nitrogens is 2. The van der Waals surface area contributed by atoms with E-state index in [0.717, 1.165) is 0 Å². The van der Waals surface area contributed by atoms with Gasteiger partial charge < -0.3 is 14.2 Å². The van der Waals surface area contributed by atoms with Gasteiger partial charge in [-0.05, 0) is 20.8 Å². The zero-order chi connectivity index (χ0) is 12.7. The third-order valence-corrected chi connectivity index (χ3v) is 1.80. The molecule has 1 heterocycles. The Morgan fingerprint density at radius 1 is 1.12 bits per heavy atom. The Bertz CT molecular complexity index is 382. The van der Waals surface area contributed by atoms with E-state index in [4.69, 9.17) is 14.2 Å². The van der Waals surface area contributed by atoms with E-state index in [0.29, 0.717) is 24.8 Å². The molecule has 0 unspecified atom stereocenters. The van der Waals surface area contributed by atoms with Crippen LogP contribution in [0.5, 0.6) is 11.6 Å². The lowest BCUT2D eigenvalue weighted by Gasteiger charge is -2.09. The number of esters is 1. The summed E-state index contributed by atoms with van der Waals surface area (Å²) < 4.78 is 15.3. The maximum absolute atomic E-state index is 11.6. The maximum Gasteiger partial charge on any atom is 0.362 e. The zero-order valence-corrected chi connectivity index (χ0v) is 10.2. The Morgan fingerprint density at radius 3 is 2.41 bits per heavy atom. The van der Waals surface area contributed by atoms with Gasteiger partial charge in [0.1, 0.15) is 0 Å². The highest BCUT2D eigenvalue weighted by Gasteiger charge is 2.17. The van der Waals surface area contributed by atoms with Crippen LogP contribution in [0.4, 0.5) is 0 Å². The molecular weight excluding hydrogens is 224 g/mol. The first-order chi connectivity index (χ1) is 8.22. The summed E-state index contributed by atoms with van der Waals surface area (Å²) in [6.07, 6.45) is 0. The van der Waals surface area contributed by atoms with Gasteiger partial charge in [-0.2, -0.15) is 0 Å². The number of nitrogens with zero attached hydrogens (tertiary/aromatic N) is 2. The second-order valence-corrected chi connectivity index (χ2v) is 2.98. The topological polar surface area (TPSA) is 70.5 Å². The van der Waals surface area contributed by atoms with Crippen molar-refractivity contribution in [2.24, 2.45) is 0 Å². The van der Waals surface area contributed by atoms with E-state index in [1.54, 1.807) is 6.92 Å². The number of hydrogen-bond acceptors (Lipinski definition) is 6. The van der Waals surface area contributed by atoms with Crippen LogP contribution in [0.25, 0.3) is 0 Å². The van der Waals surface area contributed by atoms with Crippen LogP contribution < -0.4 is 9.47 Å². The van der Waals surface area contributed by atoms with Crippen molar-refractivity contribution >= 4 is 5.97 Å². The first-order valence-corrected chi connectivity index (χ1v) is 5.53. The summed E-state index contributed by atoms with van der Waals surface area (Å²) in [5.41, 5.74) is 0.0668. The number of carbonyl (C=O) groups is 1. The fraction of sp³-hybridized carbons (Fsp3) is 0.545. The molecule has 94 valence electrons. The van der Waals surface area contributed by atoms with E-state index in [-0.39, 0.29) is 12.3 Å². The van der Waals surface area contributed by atoms with Gasteiger partial charge in [-0.3, -0.25) is 0 Å². The average molecular weight is 240 g/mol. The van der Waals surface area contributed by atoms with E-state index < -0.39 is 5.97 Å². The summed E-state index contributed by atoms with van der Waals surface area (Å²) in [6, 6.07) is 1.53. The highest BCUT2D eigenvalue weighted by atomic mass is 16.5. The molecule has 0 saturated heterocycles. The number of ether oxygens (including phenoxy) is 3. The Hall–Kier alpha value is -1.85. The van der Waals surface area contributed by atoms with Crippen molar-refractivity contribution in [2.45, 2.75) is 20.8 Å². The Kier molecular flexibility index (Phi) is 5.19. The molecule has 0 amide bonds. The lowest BCUT2D eigenvalue weighted by Crippen LogP contribution is -2.12. The quantitative estimate of drug-likeness (QED) is 0.701. The zero-order valence-electron chi connectivity index (χ0n) is 10.2. The van der Waals surface area contributed by atoms with Gasteiger partial charge in [-0.1, -0.05) is 0 Å². The van der Waals surface area contributed by atoms with Crippen LogP contribution in [0.3, 0.4) is 0 Å². The third-order valence-electron chi connectivity index (χ3n) is 1.80. The van der Waals surface area contributed by atoms with Gasteiger partial charge in [0, 0.05) is 6.07 Å². The number of rotatable bonds is 6. The molecule has 0 aromatic carbocycles. The summed E-state index contributed by atoms with van der Waals surface area (Å²) in [5, 5.41) is 7.52. The van der Waals surface area contributed by atoms with E-state index in [1.807, 2.05) is 13.8 Å². The molecule has 0 fully saturated rings. The van der Waals surface area contributed by atoms with Crippen LogP contribution >= 0.6 is 0 Å². The largest absolute Gasteiger partial charge is 0.491 e. The first kappa shape index (κ1) is 13.2. The highest BCUT2D eigenvalue weighted by Crippen LogP contribution is 2.21. The van der Waals surface area contributed by atoms with Crippen molar-refractivity contribution in [1.29, 1.82) is 0 Å². The molecule has 6 nitrogen and oxygen atoms in total. The van der Waals surface area contributed by atoms with Crippen LogP contribution in [0.15, 0.2) is 6.07 Å². The van der Waals surface area contributed by atoms with Crippen LogP contribution in [-0.4, -0.2) is 36.0 Å². The third kappa shape index (κ3) is 3.58. The fourth-order valence-corrected chi connectivity index (χ4v) is 1.18. The summed E-state index contributed by atoms with van der Waals surface area (Å²) in [6.45, 7) is 6.54. The second-order valence-electron chi connectivity index (χ2n) is 2.98. The molecule has 0 saturated carbocycles. The van der Waals surface area contributed by atoms with Crippen molar-refractivity contribution in [3.05, 3.63) is 11.8 Å². The predicted octanol–water partition coefficient (Wildman–Crippen LogP) is 1.45. The minimum Gasteiger partial charge on any atom is -0.491 e. The Labute approximate surface area is 99.9 Å². The Balaban J connectivity index is 2.98. The maximum atomic E-state index is 11.6. The predicted molar refractivity (Wildman–Crippen MR) is 60.3 cm³/mol. The van der Waals surface area contributed by atoms with Gasteiger partial charge in [0.05, 0.1) is 19.8 Å². The van der Waals surface area contributed by atoms with Crippen LogP contribution in [0.1, 0.15) is 31.3 Å². The summed E-state index contributed by atoms with van der Waals surface area (Å²) in [4.78, 5) is 11.6. The summed E-state index contributed by atoms with van der Waals surface area (Å²) in [5.74, 6) is 0.0971. The van der Waals surface area contributed by atoms with Crippen LogP contribution in [0, 0.1) is 0 Å². The normalized spacial score (nSPS) is 9.82. The van der Waals surface area contributed by atoms with Crippen molar-refractivity contribution in [3.8, 4) is 11.6 Å². The van der Waals surface area contributed by atoms with Crippen LogP contribution in [0.2, 0.25) is 0 Å². The molecule has 1 aromatic rings. The standard InChI is InChI=1S/C11H16N2O4/c1-4-15-8-7-9(16-5-2)12-13-10(8)11(14)17-6-3/h7H,4-6H2,1-3H3. The molecule has 1 rings (SSSR count). The summed E-state index contributed by atoms with van der Waals surface area (Å²) in [7, 11) is 0. The number of carbonyl (C=O) groups excluding carboxylic acids is 1. The van der Waals surface area contributed by atoms with Crippen LogP contribution in [-0.2, 0) is 4.74 Å². The van der Waals surface area contributed by atoms with Crippen molar-refractivity contribution in [2.75, 3.05) is 19.8 Å². The van der Waals surface area contributed by atoms with E-state index in [2.05, 4.69) is 10.2 Å². The van der Waals surface area contributed by atoms with E-state index >= 15 is 0 Å².